The van der Waals surface area contributed by atoms with E-state index in [2.05, 4.69) is 236 Å². The van der Waals surface area contributed by atoms with E-state index in [0.717, 1.165) is 50.5 Å². The molecule has 0 atom stereocenters. The molecule has 6 heterocycles. The average molecular weight is 2230 g/mol. The molecule has 10 aromatic carbocycles. The van der Waals surface area contributed by atoms with E-state index in [1.54, 1.807) is 48.5 Å². The number of phenolic OH excluding ortho intramolecular Hbond substituents is 4. The van der Waals surface area contributed by atoms with E-state index in [9.17, 15) is 30.0 Å². The maximum Gasteiger partial charge on any atom is 0.155 e. The molecule has 2 aliphatic carbocycles. The topological polar surface area (TPSA) is 233 Å². The molecule has 0 saturated heterocycles. The standard InChI is InChI=1S/C30H32N2O2.2C24H18N.C22H16N2O2.2C5H8O2.2Ir.2Pd/c1-29(2,3)19-15-23(21-11-7-9-13-27(21)33)31-25(17-19)26-18-20(30(4,5)6)16-24(32-26)22-12-8-10-14-28(22)34;1-24(2)20-9-5-4-8-18(20)19-13-11-17(15-21(19)24)23-14-12-16-7-3-6-10-22(16)25-23;1-24(2)21-10-6-5-9-19(21)20-12-11-17(15-22(20)24)23-18-8-4-3-7-16(18)13-14-25-23;25-21-13-3-1-7-15(21)17-9-5-11-19(23-17)20-12-6-10-18(24-20)16-8-2-4-14-22(16)26;2*1-4(6)3-5(2)7;;;;/h7-18,33-34H,1-6H3;2*3-10,12-15H,1-2H3;1-14,25-26H;2*3,6H,1-2H3;;;;/q;2*-1;;;;;;;. The maximum absolute atomic E-state index is 10.5. The van der Waals surface area contributed by atoms with Crippen LogP contribution in [-0.4, -0.2) is 72.1 Å². The second kappa shape index (κ2) is 43.1. The van der Waals surface area contributed by atoms with Gasteiger partial charge >= 0.3 is 0 Å². The van der Waals surface area contributed by atoms with Crippen LogP contribution >= 0.6 is 0 Å². The minimum absolute atomic E-state index is 0. The van der Waals surface area contributed by atoms with E-state index in [4.69, 9.17) is 25.2 Å². The minimum Gasteiger partial charge on any atom is -0.512 e. The van der Waals surface area contributed by atoms with Crippen LogP contribution in [0.5, 0.6) is 23.0 Å². The van der Waals surface area contributed by atoms with Crippen LogP contribution in [0.1, 0.15) is 130 Å². The Kier molecular flexibility index (Phi) is 33.6. The number of ketones is 2. The number of aromatic hydroxyl groups is 4. The van der Waals surface area contributed by atoms with Crippen LogP contribution < -0.4 is 0 Å². The monoisotopic (exact) mass is 2230 g/mol. The number of fused-ring (bicyclic) bond motifs is 8. The number of benzene rings is 10. The SMILES string of the molecule is CC(=O)C=C(C)O.CC(=O)C=C(C)O.CC(C)(C)c1cc(-c2cc(C(C)(C)C)cc(-c3ccccc3O)n2)nc(-c2ccccc2O)c1.CC1(C)c2ccccc2-c2c[c-]c(-c3ccc4ccccc4n3)cc21.CC1(C)c2ccccc2-c2c[c-]c(-c3nccc4ccccc34)cc21.Oc1ccccc1-c1cccc(-c2cccc(-c3ccccc3O)n2)n1.[Ir].[Ir].[Pd].[Pd]. The van der Waals surface area contributed by atoms with Crippen LogP contribution in [0.15, 0.2) is 327 Å². The molecule has 2 radical (unpaired) electrons. The van der Waals surface area contributed by atoms with Crippen molar-refractivity contribution < 1.29 is 121 Å². The summed E-state index contributed by atoms with van der Waals surface area (Å²) in [5.74, 6) is 0.637. The summed E-state index contributed by atoms with van der Waals surface area (Å²) in [5.41, 5.74) is 26.2. The van der Waals surface area contributed by atoms with Crippen molar-refractivity contribution in [2.45, 2.75) is 119 Å². The zero-order chi connectivity index (χ0) is 88.4. The Morgan fingerprint density at radius 2 is 0.672 bits per heavy atom. The van der Waals surface area contributed by atoms with Crippen LogP contribution in [0.2, 0.25) is 0 Å². The van der Waals surface area contributed by atoms with E-state index in [-0.39, 0.29) is 149 Å². The van der Waals surface area contributed by atoms with Gasteiger partial charge in [0.2, 0.25) is 0 Å². The fraction of sp³-hybridized carbons (Fsp3) is 0.164. The van der Waals surface area contributed by atoms with Crippen molar-refractivity contribution in [3.8, 4) is 136 Å². The summed E-state index contributed by atoms with van der Waals surface area (Å²) >= 11 is 0. The van der Waals surface area contributed by atoms with Crippen LogP contribution in [0.4, 0.5) is 0 Å². The molecule has 0 amide bonds. The molecule has 18 rings (SSSR count). The van der Waals surface area contributed by atoms with Gasteiger partial charge in [0.15, 0.2) is 11.6 Å². The molecular weight excluding hydrogens is 2130 g/mol. The van der Waals surface area contributed by atoms with Gasteiger partial charge in [0.05, 0.1) is 62.6 Å². The fourth-order valence-electron chi connectivity index (χ4n) is 15.4. The Bertz CT molecular complexity index is 6510. The number of aromatic nitrogens is 6. The van der Waals surface area contributed by atoms with Crippen LogP contribution in [0.25, 0.3) is 134 Å². The Balaban J connectivity index is 0.000000182. The number of nitrogens with zero attached hydrogens (tertiary/aromatic N) is 6. The van der Waals surface area contributed by atoms with Crippen molar-refractivity contribution in [3.05, 3.63) is 373 Å². The van der Waals surface area contributed by atoms with E-state index >= 15 is 0 Å². The molecule has 6 aromatic heterocycles. The van der Waals surface area contributed by atoms with Gasteiger partial charge in [-0.2, -0.15) is 0 Å². The maximum atomic E-state index is 10.5. The molecule has 16 aromatic rings. The largest absolute Gasteiger partial charge is 0.512 e. The number of aliphatic hydroxyl groups excluding tert-OH is 2. The third-order valence-corrected chi connectivity index (χ3v) is 21.8. The first-order valence-corrected chi connectivity index (χ1v) is 41.1. The normalized spacial score (nSPS) is 12.2. The zero-order valence-corrected chi connectivity index (χ0v) is 81.4. The van der Waals surface area contributed by atoms with Gasteiger partial charge in [-0.3, -0.25) is 14.6 Å². The van der Waals surface area contributed by atoms with E-state index < -0.39 is 0 Å². The first kappa shape index (κ1) is 99.6. The molecular formula is C110H100Ir2N6O8Pd2-2. The van der Waals surface area contributed by atoms with Crippen molar-refractivity contribution in [3.63, 3.8) is 0 Å². The van der Waals surface area contributed by atoms with Gasteiger partial charge in [0, 0.05) is 122 Å². The number of allylic oxidation sites excluding steroid dienone is 4. The van der Waals surface area contributed by atoms with Crippen molar-refractivity contribution in [1.29, 1.82) is 0 Å². The van der Waals surface area contributed by atoms with Crippen molar-refractivity contribution in [1.82, 2.24) is 29.9 Å². The van der Waals surface area contributed by atoms with Gasteiger partial charge in [-0.25, -0.2) is 19.9 Å². The van der Waals surface area contributed by atoms with Gasteiger partial charge in [0.1, 0.15) is 23.0 Å². The Hall–Kier alpha value is -12.1. The quantitative estimate of drug-likeness (QED) is 0.0324. The zero-order valence-electron chi connectivity index (χ0n) is 73.5. The summed E-state index contributed by atoms with van der Waals surface area (Å²) in [6.07, 6.45) is 4.22. The molecule has 0 unspecified atom stereocenters. The predicted octanol–water partition coefficient (Wildman–Crippen LogP) is 26.5. The van der Waals surface area contributed by atoms with Gasteiger partial charge in [-0.1, -0.05) is 255 Å². The molecule has 658 valence electrons. The summed E-state index contributed by atoms with van der Waals surface area (Å²) < 4.78 is 0. The van der Waals surface area contributed by atoms with Gasteiger partial charge < -0.3 is 35.6 Å². The summed E-state index contributed by atoms with van der Waals surface area (Å²) in [6, 6.07) is 104. The van der Waals surface area contributed by atoms with E-state index in [0.29, 0.717) is 56.4 Å². The number of hydrogen-bond acceptors (Lipinski definition) is 14. The molecule has 14 nitrogen and oxygen atoms in total. The number of rotatable bonds is 10. The van der Waals surface area contributed by atoms with Gasteiger partial charge in [-0.15, -0.1) is 58.7 Å². The summed E-state index contributed by atoms with van der Waals surface area (Å²) in [7, 11) is 0. The number of carbonyl (C=O) groups is 2. The van der Waals surface area contributed by atoms with Crippen LogP contribution in [-0.2, 0) is 112 Å². The van der Waals surface area contributed by atoms with Crippen molar-refractivity contribution >= 4 is 33.2 Å². The van der Waals surface area contributed by atoms with E-state index in [1.807, 2.05) is 115 Å². The van der Waals surface area contributed by atoms with Crippen LogP contribution in [0, 0.1) is 12.1 Å². The molecule has 18 heteroatoms. The molecule has 0 bridgehead atoms. The molecule has 0 saturated carbocycles. The number of para-hydroxylation sites is 5. The molecule has 0 spiro atoms. The van der Waals surface area contributed by atoms with Crippen molar-refractivity contribution in [2.75, 3.05) is 0 Å². The summed E-state index contributed by atoms with van der Waals surface area (Å²) in [6.45, 7) is 27.9. The first-order valence-electron chi connectivity index (χ1n) is 41.1. The summed E-state index contributed by atoms with van der Waals surface area (Å²) in [4.78, 5) is 48.7. The fourth-order valence-corrected chi connectivity index (χ4v) is 15.4. The van der Waals surface area contributed by atoms with Gasteiger partial charge in [0.25, 0.3) is 0 Å². The smallest absolute Gasteiger partial charge is 0.155 e. The second-order valence-corrected chi connectivity index (χ2v) is 33.9. The third kappa shape index (κ3) is 23.4. The minimum atomic E-state index is -0.126. The third-order valence-electron chi connectivity index (χ3n) is 21.8. The first-order chi connectivity index (χ1) is 59.2. The van der Waals surface area contributed by atoms with Crippen molar-refractivity contribution in [2.24, 2.45) is 0 Å². The van der Waals surface area contributed by atoms with Crippen LogP contribution in [0.3, 0.4) is 0 Å². The number of pyridine rings is 6. The molecule has 0 fully saturated rings. The number of aliphatic hydroxyl groups is 2. The Morgan fingerprint density at radius 3 is 1.08 bits per heavy atom. The predicted molar refractivity (Wildman–Crippen MR) is 502 cm³/mol. The Labute approximate surface area is 804 Å². The number of phenols is 4. The van der Waals surface area contributed by atoms with Gasteiger partial charge in [-0.05, 0) is 208 Å². The second-order valence-electron chi connectivity index (χ2n) is 33.9. The number of carbonyl (C=O) groups excluding carboxylic acids is 2. The molecule has 2 aliphatic rings. The molecule has 128 heavy (non-hydrogen) atoms. The summed E-state index contributed by atoms with van der Waals surface area (Å²) in [5, 5.41) is 61.4. The van der Waals surface area contributed by atoms with E-state index in [1.165, 1.54) is 101 Å². The Morgan fingerprint density at radius 1 is 0.328 bits per heavy atom. The number of hydrogen-bond donors (Lipinski definition) is 6. The average Bonchev–Trinajstić information content (AvgIpc) is 1.59. The molecule has 6 N–H and O–H groups in total. The molecule has 0 aliphatic heterocycles.